The van der Waals surface area contributed by atoms with Gasteiger partial charge in [0.05, 0.1) is 5.56 Å². The minimum Gasteiger partial charge on any atom is -0.346 e. The molecular weight excluding hydrogens is 382 g/mol. The number of rotatable bonds is 7. The van der Waals surface area contributed by atoms with Crippen LogP contribution < -0.4 is 0 Å². The van der Waals surface area contributed by atoms with Gasteiger partial charge in [-0.1, -0.05) is 43.3 Å². The van der Waals surface area contributed by atoms with Crippen molar-refractivity contribution in [3.8, 4) is 0 Å². The molecule has 1 aromatic heterocycles. The molecule has 154 valence electrons. The Labute approximate surface area is 177 Å². The summed E-state index contributed by atoms with van der Waals surface area (Å²) in [5.41, 5.74) is 0.631. The summed E-state index contributed by atoms with van der Waals surface area (Å²) < 4.78 is 0. The number of carbonyl (C=O) groups excluding carboxylic acids is 2. The maximum atomic E-state index is 13.1. The van der Waals surface area contributed by atoms with Gasteiger partial charge in [0.15, 0.2) is 0 Å². The minimum atomic E-state index is 0.00164. The van der Waals surface area contributed by atoms with Crippen molar-refractivity contribution in [1.82, 2.24) is 14.8 Å². The molecule has 0 spiro atoms. The highest BCUT2D eigenvalue weighted by Gasteiger charge is 2.30. The maximum Gasteiger partial charge on any atom is 0.256 e. The second kappa shape index (κ2) is 10.4. The van der Waals surface area contributed by atoms with Gasteiger partial charge in [0.1, 0.15) is 5.03 Å². The highest BCUT2D eigenvalue weighted by atomic mass is 32.2. The fourth-order valence-corrected chi connectivity index (χ4v) is 4.45. The number of aromatic nitrogens is 1. The zero-order chi connectivity index (χ0) is 20.6. The van der Waals surface area contributed by atoms with Gasteiger partial charge in [-0.25, -0.2) is 4.98 Å². The number of hydrogen-bond acceptors (Lipinski definition) is 4. The summed E-state index contributed by atoms with van der Waals surface area (Å²) in [5, 5.41) is 0.723. The Morgan fingerprint density at radius 1 is 1.14 bits per heavy atom. The standard InChI is InChI=1S/C23H29N3O2S/c1-3-4-15-25(2)22(27)18-12-16-26(17-13-18)23(28)20-11-8-14-24-21(20)29-19-9-6-5-7-10-19/h5-11,14,18H,3-4,12-13,15-17H2,1-2H3. The zero-order valence-electron chi connectivity index (χ0n) is 17.2. The van der Waals surface area contributed by atoms with E-state index in [1.54, 1.807) is 12.3 Å². The molecule has 0 unspecified atom stereocenters. The Balaban J connectivity index is 1.62. The zero-order valence-corrected chi connectivity index (χ0v) is 18.0. The van der Waals surface area contributed by atoms with Crippen LogP contribution in [-0.2, 0) is 4.79 Å². The Bertz CT molecular complexity index is 820. The van der Waals surface area contributed by atoms with Crippen LogP contribution in [-0.4, -0.2) is 53.3 Å². The van der Waals surface area contributed by atoms with Crippen LogP contribution in [0, 0.1) is 5.92 Å². The van der Waals surface area contributed by atoms with Crippen LogP contribution >= 0.6 is 11.8 Å². The van der Waals surface area contributed by atoms with Crippen LogP contribution in [0.25, 0.3) is 0 Å². The minimum absolute atomic E-state index is 0.00164. The van der Waals surface area contributed by atoms with Gasteiger partial charge in [0, 0.05) is 43.7 Å². The third-order valence-corrected chi connectivity index (χ3v) is 6.34. The van der Waals surface area contributed by atoms with Gasteiger partial charge in [-0.2, -0.15) is 0 Å². The van der Waals surface area contributed by atoms with Gasteiger partial charge in [-0.05, 0) is 43.5 Å². The molecule has 1 aromatic carbocycles. The van der Waals surface area contributed by atoms with Crippen LogP contribution in [0.3, 0.4) is 0 Å². The van der Waals surface area contributed by atoms with E-state index in [1.165, 1.54) is 11.8 Å². The second-order valence-electron chi connectivity index (χ2n) is 7.45. The summed E-state index contributed by atoms with van der Waals surface area (Å²) in [5.74, 6) is 0.238. The predicted molar refractivity (Wildman–Crippen MR) is 116 cm³/mol. The van der Waals surface area contributed by atoms with Crippen LogP contribution in [0.4, 0.5) is 0 Å². The van der Waals surface area contributed by atoms with E-state index in [0.29, 0.717) is 18.7 Å². The topological polar surface area (TPSA) is 53.5 Å². The number of benzene rings is 1. The molecule has 1 fully saturated rings. The molecule has 0 N–H and O–H groups in total. The van der Waals surface area contributed by atoms with E-state index in [2.05, 4.69) is 11.9 Å². The fourth-order valence-electron chi connectivity index (χ4n) is 3.55. The van der Waals surface area contributed by atoms with E-state index in [-0.39, 0.29) is 17.7 Å². The van der Waals surface area contributed by atoms with Gasteiger partial charge < -0.3 is 9.80 Å². The summed E-state index contributed by atoms with van der Waals surface area (Å²) >= 11 is 1.50. The Morgan fingerprint density at radius 2 is 1.86 bits per heavy atom. The van der Waals surface area contributed by atoms with Gasteiger partial charge in [-0.15, -0.1) is 0 Å². The molecule has 29 heavy (non-hydrogen) atoms. The van der Waals surface area contributed by atoms with E-state index in [4.69, 9.17) is 0 Å². The molecular formula is C23H29N3O2S. The molecule has 6 heteroatoms. The van der Waals surface area contributed by atoms with Crippen LogP contribution in [0.2, 0.25) is 0 Å². The number of likely N-dealkylation sites (tertiary alicyclic amines) is 1. The first-order chi connectivity index (χ1) is 14.1. The largest absolute Gasteiger partial charge is 0.346 e. The Kier molecular flexibility index (Phi) is 7.69. The number of amides is 2. The first-order valence-corrected chi connectivity index (χ1v) is 11.1. The average molecular weight is 412 g/mol. The lowest BCUT2D eigenvalue weighted by molar-refractivity contribution is -0.135. The molecule has 0 aliphatic carbocycles. The lowest BCUT2D eigenvalue weighted by atomic mass is 9.95. The van der Waals surface area contributed by atoms with E-state index >= 15 is 0 Å². The van der Waals surface area contributed by atoms with Crippen LogP contribution in [0.15, 0.2) is 58.6 Å². The van der Waals surface area contributed by atoms with Crippen molar-refractivity contribution in [3.05, 3.63) is 54.2 Å². The van der Waals surface area contributed by atoms with Crippen LogP contribution in [0.1, 0.15) is 43.0 Å². The Morgan fingerprint density at radius 3 is 2.55 bits per heavy atom. The lowest BCUT2D eigenvalue weighted by Gasteiger charge is -2.33. The molecule has 0 bridgehead atoms. The summed E-state index contributed by atoms with van der Waals surface area (Å²) in [6.45, 7) is 4.16. The molecule has 0 saturated carbocycles. The molecule has 0 radical (unpaired) electrons. The molecule has 1 aliphatic rings. The highest BCUT2D eigenvalue weighted by Crippen LogP contribution is 2.30. The number of piperidine rings is 1. The van der Waals surface area contributed by atoms with Crippen molar-refractivity contribution in [2.75, 3.05) is 26.7 Å². The van der Waals surface area contributed by atoms with Gasteiger partial charge in [-0.3, -0.25) is 9.59 Å². The predicted octanol–water partition coefficient (Wildman–Crippen LogP) is 4.34. The fraction of sp³-hybridized carbons (Fsp3) is 0.435. The van der Waals surface area contributed by atoms with Gasteiger partial charge in [0.2, 0.25) is 5.91 Å². The number of pyridine rings is 1. The summed E-state index contributed by atoms with van der Waals surface area (Å²) in [4.78, 5) is 35.0. The second-order valence-corrected chi connectivity index (χ2v) is 8.51. The third-order valence-electron chi connectivity index (χ3n) is 5.31. The quantitative estimate of drug-likeness (QED) is 0.680. The SMILES string of the molecule is CCCCN(C)C(=O)C1CCN(C(=O)c2cccnc2Sc2ccccc2)CC1. The lowest BCUT2D eigenvalue weighted by Crippen LogP contribution is -2.43. The summed E-state index contributed by atoms with van der Waals surface area (Å²) in [7, 11) is 1.89. The average Bonchev–Trinajstić information content (AvgIpc) is 2.77. The number of carbonyl (C=O) groups is 2. The normalized spacial score (nSPS) is 14.6. The monoisotopic (exact) mass is 411 g/mol. The smallest absolute Gasteiger partial charge is 0.256 e. The number of unbranched alkanes of at least 4 members (excludes halogenated alkanes) is 1. The van der Waals surface area contributed by atoms with Crippen molar-refractivity contribution in [3.63, 3.8) is 0 Å². The molecule has 2 amide bonds. The Hall–Kier alpha value is -2.34. The van der Waals surface area contributed by atoms with Crippen LogP contribution in [0.5, 0.6) is 0 Å². The van der Waals surface area contributed by atoms with Crippen molar-refractivity contribution >= 4 is 23.6 Å². The first kappa shape index (κ1) is 21.4. The van der Waals surface area contributed by atoms with Gasteiger partial charge in [0.25, 0.3) is 5.91 Å². The summed E-state index contributed by atoms with van der Waals surface area (Å²) in [6, 6.07) is 13.6. The van der Waals surface area contributed by atoms with E-state index < -0.39 is 0 Å². The summed E-state index contributed by atoms with van der Waals surface area (Å²) in [6.07, 6.45) is 5.28. The number of nitrogens with zero attached hydrogens (tertiary/aromatic N) is 3. The van der Waals surface area contributed by atoms with E-state index in [9.17, 15) is 9.59 Å². The van der Waals surface area contributed by atoms with Crippen molar-refractivity contribution in [2.45, 2.75) is 42.5 Å². The highest BCUT2D eigenvalue weighted by molar-refractivity contribution is 7.99. The third kappa shape index (κ3) is 5.60. The molecule has 3 rings (SSSR count). The molecule has 2 aromatic rings. The molecule has 1 saturated heterocycles. The number of hydrogen-bond donors (Lipinski definition) is 0. The molecule has 2 heterocycles. The van der Waals surface area contributed by atoms with Gasteiger partial charge >= 0.3 is 0 Å². The van der Waals surface area contributed by atoms with Crippen molar-refractivity contribution in [1.29, 1.82) is 0 Å². The maximum absolute atomic E-state index is 13.1. The molecule has 0 atom stereocenters. The molecule has 1 aliphatic heterocycles. The first-order valence-electron chi connectivity index (χ1n) is 10.3. The van der Waals surface area contributed by atoms with E-state index in [1.807, 2.05) is 53.2 Å². The van der Waals surface area contributed by atoms with Crippen molar-refractivity contribution in [2.24, 2.45) is 5.92 Å². The van der Waals surface area contributed by atoms with E-state index in [0.717, 1.165) is 42.1 Å². The molecule has 5 nitrogen and oxygen atoms in total. The van der Waals surface area contributed by atoms with Crippen molar-refractivity contribution < 1.29 is 9.59 Å².